The second-order valence-corrected chi connectivity index (χ2v) is 7.53. The first kappa shape index (κ1) is 21.2. The highest BCUT2D eigenvalue weighted by Crippen LogP contribution is 2.27. The number of amides is 1. The number of hydrogen-bond acceptors (Lipinski definition) is 5. The number of halogens is 4. The lowest BCUT2D eigenvalue weighted by Crippen LogP contribution is -2.36. The molecule has 2 heterocycles. The van der Waals surface area contributed by atoms with Gasteiger partial charge in [0.05, 0.1) is 0 Å². The van der Waals surface area contributed by atoms with Crippen molar-refractivity contribution in [2.45, 2.75) is 31.7 Å². The lowest BCUT2D eigenvalue weighted by atomic mass is 10.1. The van der Waals surface area contributed by atoms with Crippen LogP contribution in [0.25, 0.3) is 11.4 Å². The Labute approximate surface area is 180 Å². The average Bonchev–Trinajstić information content (AvgIpc) is 3.37. The van der Waals surface area contributed by atoms with Gasteiger partial charge in [-0.3, -0.25) is 4.79 Å². The van der Waals surface area contributed by atoms with Crippen LogP contribution in [0.5, 0.6) is 5.75 Å². The van der Waals surface area contributed by atoms with Gasteiger partial charge in [0.1, 0.15) is 5.75 Å². The van der Waals surface area contributed by atoms with Gasteiger partial charge < -0.3 is 14.2 Å². The van der Waals surface area contributed by atoms with E-state index in [4.69, 9.17) is 16.1 Å². The molecule has 1 saturated heterocycles. The van der Waals surface area contributed by atoms with Gasteiger partial charge in [0.2, 0.25) is 11.7 Å². The largest absolute Gasteiger partial charge is 0.573 e. The second kappa shape index (κ2) is 8.58. The van der Waals surface area contributed by atoms with Crippen molar-refractivity contribution in [2.24, 2.45) is 0 Å². The highest BCUT2D eigenvalue weighted by atomic mass is 35.5. The number of rotatable bonds is 5. The summed E-state index contributed by atoms with van der Waals surface area (Å²) in [7, 11) is 0. The monoisotopic (exact) mass is 451 g/mol. The number of carbonyl (C=O) groups excluding carboxylic acids is 1. The van der Waals surface area contributed by atoms with Crippen LogP contribution in [0.1, 0.15) is 29.1 Å². The fraction of sp³-hybridized carbons (Fsp3) is 0.286. The summed E-state index contributed by atoms with van der Waals surface area (Å²) in [6.07, 6.45) is -2.69. The Morgan fingerprint density at radius 2 is 1.87 bits per heavy atom. The van der Waals surface area contributed by atoms with Crippen molar-refractivity contribution < 1.29 is 27.2 Å². The van der Waals surface area contributed by atoms with Gasteiger partial charge in [-0.05, 0) is 61.4 Å². The average molecular weight is 452 g/mol. The lowest BCUT2D eigenvalue weighted by molar-refractivity contribution is -0.274. The first-order chi connectivity index (χ1) is 14.8. The third-order valence-electron chi connectivity index (χ3n) is 4.95. The molecule has 4 rings (SSSR count). The molecule has 0 radical (unpaired) electrons. The number of aromatic nitrogens is 2. The molecule has 1 aliphatic heterocycles. The number of nitrogens with zero attached hydrogens (tertiary/aromatic N) is 3. The molecule has 1 atom stereocenters. The molecule has 0 unspecified atom stereocenters. The van der Waals surface area contributed by atoms with E-state index in [0.717, 1.165) is 12.8 Å². The van der Waals surface area contributed by atoms with Gasteiger partial charge in [-0.2, -0.15) is 4.98 Å². The molecule has 1 aliphatic rings. The molecule has 0 N–H and O–H groups in total. The minimum Gasteiger partial charge on any atom is -0.406 e. The van der Waals surface area contributed by atoms with Gasteiger partial charge in [0.25, 0.3) is 5.91 Å². The Bertz CT molecular complexity index is 1050. The predicted molar refractivity (Wildman–Crippen MR) is 106 cm³/mol. The summed E-state index contributed by atoms with van der Waals surface area (Å²) in [6.45, 7) is 0.633. The Morgan fingerprint density at radius 3 is 2.55 bits per heavy atom. The van der Waals surface area contributed by atoms with Gasteiger partial charge in [0, 0.05) is 35.2 Å². The van der Waals surface area contributed by atoms with Crippen LogP contribution >= 0.6 is 11.6 Å². The first-order valence-corrected chi connectivity index (χ1v) is 9.91. The lowest BCUT2D eigenvalue weighted by Gasteiger charge is -2.23. The van der Waals surface area contributed by atoms with E-state index >= 15 is 0 Å². The number of hydrogen-bond donors (Lipinski definition) is 0. The zero-order valence-electron chi connectivity index (χ0n) is 16.1. The molecule has 3 aromatic rings. The van der Waals surface area contributed by atoms with E-state index in [1.54, 1.807) is 29.2 Å². The van der Waals surface area contributed by atoms with E-state index in [1.807, 2.05) is 0 Å². The van der Waals surface area contributed by atoms with Crippen molar-refractivity contribution in [1.29, 1.82) is 0 Å². The fourth-order valence-electron chi connectivity index (χ4n) is 3.54. The van der Waals surface area contributed by atoms with Gasteiger partial charge >= 0.3 is 6.36 Å². The zero-order valence-corrected chi connectivity index (χ0v) is 16.9. The number of carbonyl (C=O) groups is 1. The highest BCUT2D eigenvalue weighted by molar-refractivity contribution is 6.30. The Balaban J connectivity index is 1.43. The molecule has 0 spiro atoms. The second-order valence-electron chi connectivity index (χ2n) is 7.09. The molecule has 1 aromatic heterocycles. The van der Waals surface area contributed by atoms with Crippen LogP contribution in [-0.4, -0.2) is 39.9 Å². The SMILES string of the molecule is O=C(c1ccc(Cl)cc1)N1CCC[C@H]1Cc1nc(-c2ccc(OC(F)(F)F)cc2)no1. The van der Waals surface area contributed by atoms with Gasteiger partial charge in [-0.25, -0.2) is 0 Å². The number of likely N-dealkylation sites (tertiary alicyclic amines) is 1. The van der Waals surface area contributed by atoms with Crippen molar-refractivity contribution in [3.05, 3.63) is 65.0 Å². The maximum Gasteiger partial charge on any atom is 0.573 e. The van der Waals surface area contributed by atoms with E-state index in [9.17, 15) is 18.0 Å². The molecule has 1 amide bonds. The number of benzene rings is 2. The van der Waals surface area contributed by atoms with Gasteiger partial charge in [-0.15, -0.1) is 13.2 Å². The quantitative estimate of drug-likeness (QED) is 0.537. The van der Waals surface area contributed by atoms with Crippen LogP contribution in [-0.2, 0) is 6.42 Å². The van der Waals surface area contributed by atoms with Crippen LogP contribution in [0.15, 0.2) is 53.1 Å². The summed E-state index contributed by atoms with van der Waals surface area (Å²) < 4.78 is 46.0. The number of ether oxygens (including phenoxy) is 1. The Morgan fingerprint density at radius 1 is 1.16 bits per heavy atom. The van der Waals surface area contributed by atoms with Crippen molar-refractivity contribution in [2.75, 3.05) is 6.54 Å². The maximum absolute atomic E-state index is 12.8. The molecule has 1 fully saturated rings. The molecule has 162 valence electrons. The van der Waals surface area contributed by atoms with Crippen LogP contribution in [0.3, 0.4) is 0 Å². The van der Waals surface area contributed by atoms with Crippen LogP contribution in [0, 0.1) is 0 Å². The van der Waals surface area contributed by atoms with Crippen molar-refractivity contribution >= 4 is 17.5 Å². The molecular weight excluding hydrogens is 435 g/mol. The molecule has 0 saturated carbocycles. The highest BCUT2D eigenvalue weighted by Gasteiger charge is 2.32. The maximum atomic E-state index is 12.8. The summed E-state index contributed by atoms with van der Waals surface area (Å²) in [6, 6.07) is 11.9. The topological polar surface area (TPSA) is 68.5 Å². The molecule has 31 heavy (non-hydrogen) atoms. The van der Waals surface area contributed by atoms with Gasteiger partial charge in [0.15, 0.2) is 0 Å². The van der Waals surface area contributed by atoms with Crippen molar-refractivity contribution in [1.82, 2.24) is 15.0 Å². The summed E-state index contributed by atoms with van der Waals surface area (Å²) in [5, 5.41) is 4.46. The van der Waals surface area contributed by atoms with E-state index in [2.05, 4.69) is 14.9 Å². The first-order valence-electron chi connectivity index (χ1n) is 9.54. The molecule has 6 nitrogen and oxygen atoms in total. The predicted octanol–water partition coefficient (Wildman–Crippen LogP) is 5.14. The molecule has 2 aromatic carbocycles. The standard InChI is InChI=1S/C21H17ClF3N3O3/c22-15-7-3-14(4-8-15)20(29)28-11-1-2-16(28)12-18-26-19(27-31-18)13-5-9-17(10-6-13)30-21(23,24)25/h3-10,16H,1-2,11-12H2/t16-/m0/s1. The molecular formula is C21H17ClF3N3O3. The summed E-state index contributed by atoms with van der Waals surface area (Å²) in [4.78, 5) is 19.0. The molecule has 0 bridgehead atoms. The summed E-state index contributed by atoms with van der Waals surface area (Å²) >= 11 is 5.89. The van der Waals surface area contributed by atoms with E-state index < -0.39 is 6.36 Å². The van der Waals surface area contributed by atoms with E-state index in [1.165, 1.54) is 24.3 Å². The van der Waals surface area contributed by atoms with E-state index in [-0.39, 0.29) is 23.5 Å². The Kier molecular flexibility index (Phi) is 5.86. The number of alkyl halides is 3. The van der Waals surface area contributed by atoms with E-state index in [0.29, 0.717) is 35.0 Å². The molecule has 0 aliphatic carbocycles. The summed E-state index contributed by atoms with van der Waals surface area (Å²) in [5.41, 5.74) is 1.05. The van der Waals surface area contributed by atoms with Crippen molar-refractivity contribution in [3.8, 4) is 17.1 Å². The zero-order chi connectivity index (χ0) is 22.0. The fourth-order valence-corrected chi connectivity index (χ4v) is 3.66. The minimum absolute atomic E-state index is 0.0841. The van der Waals surface area contributed by atoms with Crippen LogP contribution < -0.4 is 4.74 Å². The molecule has 10 heteroatoms. The van der Waals surface area contributed by atoms with Crippen LogP contribution in [0.2, 0.25) is 5.02 Å². The third kappa shape index (κ3) is 5.16. The van der Waals surface area contributed by atoms with Gasteiger partial charge in [-0.1, -0.05) is 16.8 Å². The van der Waals surface area contributed by atoms with Crippen molar-refractivity contribution in [3.63, 3.8) is 0 Å². The minimum atomic E-state index is -4.75. The third-order valence-corrected chi connectivity index (χ3v) is 5.21. The Hall–Kier alpha value is -3.07. The van der Waals surface area contributed by atoms with Crippen LogP contribution in [0.4, 0.5) is 13.2 Å². The summed E-state index contributed by atoms with van der Waals surface area (Å²) in [5.74, 6) is 0.190. The normalized spacial score (nSPS) is 16.5. The smallest absolute Gasteiger partial charge is 0.406 e.